The Kier molecular flexibility index (Phi) is 1.16. The summed E-state index contributed by atoms with van der Waals surface area (Å²) in [7, 11) is 0. The fourth-order valence-electron chi connectivity index (χ4n) is 0.599. The highest BCUT2D eigenvalue weighted by molar-refractivity contribution is 5.78. The van der Waals surface area contributed by atoms with Gasteiger partial charge in [-0.25, -0.2) is 4.99 Å². The van der Waals surface area contributed by atoms with Crippen LogP contribution in [-0.2, 0) is 0 Å². The summed E-state index contributed by atoms with van der Waals surface area (Å²) in [6, 6.07) is 0. The second-order valence-corrected chi connectivity index (χ2v) is 2.72. The van der Waals surface area contributed by atoms with Gasteiger partial charge in [0.2, 0.25) is 0 Å². The number of hydrogen-bond donors (Lipinski definition) is 0. The minimum absolute atomic E-state index is 0.189. The van der Waals surface area contributed by atoms with Crippen molar-refractivity contribution in [1.82, 2.24) is 0 Å². The van der Waals surface area contributed by atoms with Crippen molar-refractivity contribution in [1.29, 1.82) is 0 Å². The summed E-state index contributed by atoms with van der Waals surface area (Å²) in [6.07, 6.45) is 3.53. The van der Waals surface area contributed by atoms with Gasteiger partial charge in [-0.05, 0) is 0 Å². The lowest BCUT2D eigenvalue weighted by atomic mass is 9.95. The zero-order valence-electron chi connectivity index (χ0n) is 5.26. The van der Waals surface area contributed by atoms with Gasteiger partial charge in [0.25, 0.3) is 0 Å². The summed E-state index contributed by atoms with van der Waals surface area (Å²) in [4.78, 5) is 7.92. The molecule has 0 saturated carbocycles. The summed E-state index contributed by atoms with van der Waals surface area (Å²) in [5, 5.41) is 0. The molecular weight excluding hydrogens is 100 g/mol. The van der Waals surface area contributed by atoms with E-state index in [0.717, 1.165) is 6.54 Å². The van der Waals surface area contributed by atoms with Crippen LogP contribution >= 0.6 is 0 Å². The molecule has 0 spiro atoms. The SMILES string of the molecule is CC1(C)C=NC=NC1. The zero-order chi connectivity index (χ0) is 6.04. The van der Waals surface area contributed by atoms with Crippen molar-refractivity contribution in [3.05, 3.63) is 0 Å². The first-order valence-electron chi connectivity index (χ1n) is 2.73. The van der Waals surface area contributed by atoms with Crippen LogP contribution in [0.25, 0.3) is 0 Å². The first-order valence-corrected chi connectivity index (χ1v) is 2.73. The third-order valence-corrected chi connectivity index (χ3v) is 1.07. The van der Waals surface area contributed by atoms with Crippen LogP contribution < -0.4 is 0 Å². The first-order chi connectivity index (χ1) is 3.71. The Balaban J connectivity index is 2.65. The maximum atomic E-state index is 4.01. The number of aliphatic imine (C=N–C) groups is 2. The van der Waals surface area contributed by atoms with Crippen molar-refractivity contribution >= 4 is 12.6 Å². The molecule has 44 valence electrons. The van der Waals surface area contributed by atoms with E-state index in [9.17, 15) is 0 Å². The van der Waals surface area contributed by atoms with Crippen LogP contribution in [0.3, 0.4) is 0 Å². The maximum Gasteiger partial charge on any atom is 0.109 e. The highest BCUT2D eigenvalue weighted by Gasteiger charge is 2.14. The Morgan fingerprint density at radius 2 is 2.25 bits per heavy atom. The van der Waals surface area contributed by atoms with Crippen LogP contribution in [0.4, 0.5) is 0 Å². The number of rotatable bonds is 0. The summed E-state index contributed by atoms with van der Waals surface area (Å²) in [6.45, 7) is 5.11. The van der Waals surface area contributed by atoms with Crippen molar-refractivity contribution in [2.45, 2.75) is 13.8 Å². The molecule has 0 aromatic carbocycles. The van der Waals surface area contributed by atoms with Crippen LogP contribution in [0.2, 0.25) is 0 Å². The number of nitrogens with zero attached hydrogens (tertiary/aromatic N) is 2. The first kappa shape index (κ1) is 5.48. The van der Waals surface area contributed by atoms with E-state index in [4.69, 9.17) is 0 Å². The molecule has 0 amide bonds. The molecule has 8 heavy (non-hydrogen) atoms. The highest BCUT2D eigenvalue weighted by atomic mass is 14.9. The molecular formula is C6H10N2. The quantitative estimate of drug-likeness (QED) is 0.446. The van der Waals surface area contributed by atoms with Crippen LogP contribution in [0.5, 0.6) is 0 Å². The fourth-order valence-corrected chi connectivity index (χ4v) is 0.599. The zero-order valence-corrected chi connectivity index (χ0v) is 5.26. The second-order valence-electron chi connectivity index (χ2n) is 2.72. The largest absolute Gasteiger partial charge is 0.273 e. The smallest absolute Gasteiger partial charge is 0.109 e. The molecule has 0 N–H and O–H groups in total. The van der Waals surface area contributed by atoms with Crippen LogP contribution in [0, 0.1) is 5.41 Å². The second kappa shape index (κ2) is 1.69. The number of hydrogen-bond acceptors (Lipinski definition) is 2. The summed E-state index contributed by atoms with van der Waals surface area (Å²) in [5.41, 5.74) is 0.189. The molecule has 0 unspecified atom stereocenters. The molecule has 0 bridgehead atoms. The lowest BCUT2D eigenvalue weighted by Gasteiger charge is -2.17. The average Bonchev–Trinajstić information content (AvgIpc) is 1.65. The van der Waals surface area contributed by atoms with E-state index in [0.29, 0.717) is 0 Å². The summed E-state index contributed by atoms with van der Waals surface area (Å²) in [5.74, 6) is 0. The monoisotopic (exact) mass is 110 g/mol. The predicted octanol–water partition coefficient (Wildman–Crippen LogP) is 1.13. The van der Waals surface area contributed by atoms with Gasteiger partial charge in [0.15, 0.2) is 0 Å². The third-order valence-electron chi connectivity index (χ3n) is 1.07. The predicted molar refractivity (Wildman–Crippen MR) is 35.6 cm³/mol. The van der Waals surface area contributed by atoms with Crippen molar-refractivity contribution in [2.24, 2.45) is 15.4 Å². The topological polar surface area (TPSA) is 24.7 Å². The summed E-state index contributed by atoms with van der Waals surface area (Å²) >= 11 is 0. The van der Waals surface area contributed by atoms with E-state index in [-0.39, 0.29) is 5.41 Å². The molecule has 0 radical (unpaired) electrons. The van der Waals surface area contributed by atoms with Gasteiger partial charge in [0.1, 0.15) is 6.34 Å². The fraction of sp³-hybridized carbons (Fsp3) is 0.667. The highest BCUT2D eigenvalue weighted by Crippen LogP contribution is 2.13. The van der Waals surface area contributed by atoms with E-state index < -0.39 is 0 Å². The Hall–Kier alpha value is -0.660. The van der Waals surface area contributed by atoms with Crippen molar-refractivity contribution in [3.8, 4) is 0 Å². The lowest BCUT2D eigenvalue weighted by Crippen LogP contribution is -2.19. The lowest BCUT2D eigenvalue weighted by molar-refractivity contribution is 0.548. The van der Waals surface area contributed by atoms with E-state index >= 15 is 0 Å². The molecule has 0 aromatic rings. The van der Waals surface area contributed by atoms with E-state index in [2.05, 4.69) is 23.8 Å². The molecule has 0 atom stereocenters. The standard InChI is InChI=1S/C6H10N2/c1-6(2)3-7-5-8-4-6/h3,5H,4H2,1-2H3. The van der Waals surface area contributed by atoms with Gasteiger partial charge < -0.3 is 0 Å². The minimum atomic E-state index is 0.189. The molecule has 1 aliphatic rings. The van der Waals surface area contributed by atoms with E-state index in [1.54, 1.807) is 6.34 Å². The molecule has 0 saturated heterocycles. The van der Waals surface area contributed by atoms with Crippen LogP contribution in [-0.4, -0.2) is 19.1 Å². The molecule has 0 fully saturated rings. The van der Waals surface area contributed by atoms with Gasteiger partial charge in [-0.2, -0.15) is 0 Å². The van der Waals surface area contributed by atoms with Gasteiger partial charge >= 0.3 is 0 Å². The van der Waals surface area contributed by atoms with Crippen molar-refractivity contribution in [2.75, 3.05) is 6.54 Å². The van der Waals surface area contributed by atoms with Crippen molar-refractivity contribution < 1.29 is 0 Å². The normalized spacial score (nSPS) is 23.8. The molecule has 0 aromatic heterocycles. The molecule has 1 rings (SSSR count). The molecule has 1 aliphatic heterocycles. The molecule has 1 heterocycles. The Morgan fingerprint density at radius 3 is 2.50 bits per heavy atom. The third kappa shape index (κ3) is 1.15. The summed E-state index contributed by atoms with van der Waals surface area (Å²) < 4.78 is 0. The average molecular weight is 110 g/mol. The molecule has 0 aliphatic carbocycles. The van der Waals surface area contributed by atoms with Gasteiger partial charge in [-0.15, -0.1) is 0 Å². The van der Waals surface area contributed by atoms with Gasteiger partial charge in [-0.1, -0.05) is 13.8 Å². The van der Waals surface area contributed by atoms with Gasteiger partial charge in [0.05, 0.1) is 6.54 Å². The van der Waals surface area contributed by atoms with Gasteiger partial charge in [0, 0.05) is 11.6 Å². The van der Waals surface area contributed by atoms with E-state index in [1.807, 2.05) is 6.21 Å². The van der Waals surface area contributed by atoms with Gasteiger partial charge in [-0.3, -0.25) is 4.99 Å². The van der Waals surface area contributed by atoms with Crippen LogP contribution in [0.15, 0.2) is 9.98 Å². The Morgan fingerprint density at radius 1 is 1.50 bits per heavy atom. The Labute approximate surface area is 49.3 Å². The minimum Gasteiger partial charge on any atom is -0.273 e. The molecule has 2 heteroatoms. The maximum absolute atomic E-state index is 4.01. The van der Waals surface area contributed by atoms with Crippen molar-refractivity contribution in [3.63, 3.8) is 0 Å². The molecule has 2 nitrogen and oxygen atoms in total. The van der Waals surface area contributed by atoms with E-state index in [1.165, 1.54) is 0 Å². The Bertz CT molecular complexity index is 133. The van der Waals surface area contributed by atoms with Crippen LogP contribution in [0.1, 0.15) is 13.8 Å².